The van der Waals surface area contributed by atoms with Crippen LogP contribution in [0.1, 0.15) is 22.1 Å². The average Bonchev–Trinajstić information content (AvgIpc) is 3.62. The second-order valence-electron chi connectivity index (χ2n) is 6.72. The summed E-state index contributed by atoms with van der Waals surface area (Å²) < 4.78 is 5.80. The number of thiophene rings is 1. The van der Waals surface area contributed by atoms with Crippen molar-refractivity contribution in [3.63, 3.8) is 0 Å². The molecule has 1 atom stereocenters. The topological polar surface area (TPSA) is 98.8 Å². The van der Waals surface area contributed by atoms with Crippen molar-refractivity contribution in [3.05, 3.63) is 101 Å². The van der Waals surface area contributed by atoms with Gasteiger partial charge in [0.15, 0.2) is 5.76 Å². The molecule has 3 N–H and O–H groups in total. The number of hydroxylamine groups is 1. The number of aromatic nitrogens is 5. The fraction of sp³-hybridized carbons (Fsp3) is 0.0476. The molecule has 30 heavy (non-hydrogen) atoms. The van der Waals surface area contributed by atoms with Crippen LogP contribution in [-0.2, 0) is 10.4 Å². The zero-order valence-corrected chi connectivity index (χ0v) is 16.4. The van der Waals surface area contributed by atoms with E-state index in [1.807, 2.05) is 54.0 Å². The summed E-state index contributed by atoms with van der Waals surface area (Å²) in [6.07, 6.45) is 8.76. The molecule has 0 aromatic carbocycles. The van der Waals surface area contributed by atoms with Crippen molar-refractivity contribution < 1.29 is 9.25 Å². The maximum Gasteiger partial charge on any atom is 0.229 e. The van der Waals surface area contributed by atoms with Gasteiger partial charge in [-0.15, -0.1) is 11.3 Å². The minimum absolute atomic E-state index is 0.546. The molecule has 0 fully saturated rings. The maximum atomic E-state index is 6.55. The van der Waals surface area contributed by atoms with Gasteiger partial charge in [-0.25, -0.2) is 4.98 Å². The minimum Gasteiger partial charge on any atom is -0.446 e. The molecule has 9 heteroatoms. The first-order valence-electron chi connectivity index (χ1n) is 9.33. The molecule has 0 saturated heterocycles. The molecule has 148 valence electrons. The number of rotatable bonds is 5. The van der Waals surface area contributed by atoms with E-state index in [0.717, 1.165) is 21.8 Å². The van der Waals surface area contributed by atoms with Crippen molar-refractivity contribution in [2.24, 2.45) is 0 Å². The van der Waals surface area contributed by atoms with Gasteiger partial charge in [0.2, 0.25) is 11.4 Å². The van der Waals surface area contributed by atoms with Crippen molar-refractivity contribution in [1.82, 2.24) is 25.1 Å². The molecule has 0 amide bonds. The van der Waals surface area contributed by atoms with Gasteiger partial charge >= 0.3 is 0 Å². The van der Waals surface area contributed by atoms with Crippen LogP contribution in [0.5, 0.6) is 0 Å². The van der Waals surface area contributed by atoms with Gasteiger partial charge in [0, 0.05) is 30.9 Å². The van der Waals surface area contributed by atoms with Crippen molar-refractivity contribution in [1.29, 1.82) is 0 Å². The first-order valence-corrected chi connectivity index (χ1v) is 10.2. The molecule has 1 aliphatic heterocycles. The molecule has 0 aliphatic carbocycles. The van der Waals surface area contributed by atoms with Crippen LogP contribution in [0.4, 0.5) is 5.88 Å². The van der Waals surface area contributed by atoms with E-state index in [4.69, 9.17) is 9.25 Å². The quantitative estimate of drug-likeness (QED) is 0.395. The minimum atomic E-state index is -0.975. The first-order chi connectivity index (χ1) is 14.9. The van der Waals surface area contributed by atoms with Crippen LogP contribution in [0.15, 0.2) is 83.3 Å². The highest BCUT2D eigenvalue weighted by molar-refractivity contribution is 7.11. The highest BCUT2D eigenvalue weighted by Crippen LogP contribution is 2.55. The smallest absolute Gasteiger partial charge is 0.229 e. The van der Waals surface area contributed by atoms with E-state index < -0.39 is 5.54 Å². The molecule has 5 aromatic rings. The molecule has 1 aliphatic rings. The molecular formula is C21H16N6O2S. The monoisotopic (exact) mass is 416 g/mol. The Morgan fingerprint density at radius 2 is 2.00 bits per heavy atom. The van der Waals surface area contributed by atoms with Gasteiger partial charge in [-0.1, -0.05) is 6.07 Å². The van der Waals surface area contributed by atoms with Crippen molar-refractivity contribution in [2.45, 2.75) is 5.54 Å². The molecule has 1 unspecified atom stereocenters. The fourth-order valence-electron chi connectivity index (χ4n) is 3.96. The van der Waals surface area contributed by atoms with Gasteiger partial charge in [-0.2, -0.15) is 10.2 Å². The van der Waals surface area contributed by atoms with Gasteiger partial charge in [-0.3, -0.25) is 5.10 Å². The standard InChI is InChI=1S/C21H16N6O2S/c1-5-16(22-8-1)21(20-23-10-11-24-20)18(14-7-9-25-26-14)19(15-4-3-13-30-15)29-27(21)17-6-2-12-28-17/h1-13,22H,(H,23,24)(H,25,26). The van der Waals surface area contributed by atoms with Gasteiger partial charge in [0.25, 0.3) is 0 Å². The van der Waals surface area contributed by atoms with E-state index in [0.29, 0.717) is 17.5 Å². The van der Waals surface area contributed by atoms with E-state index >= 15 is 0 Å². The second kappa shape index (κ2) is 6.53. The number of hydrogen-bond acceptors (Lipinski definition) is 6. The third kappa shape index (κ3) is 2.26. The van der Waals surface area contributed by atoms with E-state index in [1.165, 1.54) is 0 Å². The number of hydrogen-bond donors (Lipinski definition) is 3. The molecule has 0 radical (unpaired) electrons. The maximum absolute atomic E-state index is 6.55. The number of nitrogens with one attached hydrogen (secondary N) is 3. The molecule has 8 nitrogen and oxygen atoms in total. The lowest BCUT2D eigenvalue weighted by molar-refractivity contribution is 0.196. The average molecular weight is 416 g/mol. The fourth-order valence-corrected chi connectivity index (χ4v) is 4.67. The SMILES string of the molecule is c1c[nH]c(C2(c3ncc[nH]3)C(c3ccn[nH]3)=C(c3cccs3)ON2c2ccco2)c1. The highest BCUT2D eigenvalue weighted by Gasteiger charge is 2.58. The third-order valence-electron chi connectivity index (χ3n) is 5.13. The van der Waals surface area contributed by atoms with Crippen LogP contribution in [0, 0.1) is 0 Å². The summed E-state index contributed by atoms with van der Waals surface area (Å²) in [6.45, 7) is 0. The van der Waals surface area contributed by atoms with Crippen LogP contribution >= 0.6 is 11.3 Å². The molecule has 0 saturated carbocycles. The zero-order valence-electron chi connectivity index (χ0n) is 15.6. The lowest BCUT2D eigenvalue weighted by Gasteiger charge is -2.35. The Bertz CT molecular complexity index is 1220. The number of anilines is 1. The Balaban J connectivity index is 1.74. The zero-order chi connectivity index (χ0) is 20.0. The lowest BCUT2D eigenvalue weighted by Crippen LogP contribution is -2.45. The molecule has 6 rings (SSSR count). The Kier molecular flexibility index (Phi) is 3.68. The summed E-state index contributed by atoms with van der Waals surface area (Å²) in [4.78, 5) is 18.9. The largest absolute Gasteiger partial charge is 0.446 e. The summed E-state index contributed by atoms with van der Waals surface area (Å²) >= 11 is 1.60. The number of aromatic amines is 3. The predicted molar refractivity (Wildman–Crippen MR) is 112 cm³/mol. The number of imidazole rings is 1. The molecular weight excluding hydrogens is 400 g/mol. The summed E-state index contributed by atoms with van der Waals surface area (Å²) in [7, 11) is 0. The van der Waals surface area contributed by atoms with Crippen molar-refractivity contribution in [2.75, 3.05) is 5.06 Å². The molecule has 0 bridgehead atoms. The van der Waals surface area contributed by atoms with Gasteiger partial charge in [-0.05, 0) is 35.7 Å². The van der Waals surface area contributed by atoms with Gasteiger partial charge in [0.1, 0.15) is 5.82 Å². The molecule has 6 heterocycles. The van der Waals surface area contributed by atoms with Gasteiger partial charge < -0.3 is 19.2 Å². The molecule has 5 aromatic heterocycles. The second-order valence-corrected chi connectivity index (χ2v) is 7.67. The van der Waals surface area contributed by atoms with Crippen molar-refractivity contribution >= 4 is 28.6 Å². The summed E-state index contributed by atoms with van der Waals surface area (Å²) in [5.41, 5.74) is 1.58. The Labute approximate surface area is 174 Å². The Hall–Kier alpha value is -3.98. The lowest BCUT2D eigenvalue weighted by atomic mass is 9.82. The van der Waals surface area contributed by atoms with E-state index in [2.05, 4.69) is 25.1 Å². The predicted octanol–water partition coefficient (Wildman–Crippen LogP) is 4.38. The molecule has 0 spiro atoms. The van der Waals surface area contributed by atoms with Crippen LogP contribution in [0.2, 0.25) is 0 Å². The summed E-state index contributed by atoms with van der Waals surface area (Å²) in [6, 6.07) is 13.6. The van der Waals surface area contributed by atoms with Crippen LogP contribution < -0.4 is 5.06 Å². The van der Waals surface area contributed by atoms with Gasteiger partial charge in [0.05, 0.1) is 28.1 Å². The number of H-pyrrole nitrogens is 3. The van der Waals surface area contributed by atoms with E-state index in [1.54, 1.807) is 41.3 Å². The first kappa shape index (κ1) is 16.9. The normalized spacial score (nSPS) is 18.9. The number of furan rings is 1. The number of nitrogens with zero attached hydrogens (tertiary/aromatic N) is 3. The van der Waals surface area contributed by atoms with Crippen LogP contribution in [0.25, 0.3) is 11.3 Å². The van der Waals surface area contributed by atoms with Crippen LogP contribution in [0.3, 0.4) is 0 Å². The van der Waals surface area contributed by atoms with E-state index in [-0.39, 0.29) is 0 Å². The summed E-state index contributed by atoms with van der Waals surface area (Å²) in [5.74, 6) is 1.93. The Morgan fingerprint density at radius 1 is 1.00 bits per heavy atom. The summed E-state index contributed by atoms with van der Waals surface area (Å²) in [5, 5.41) is 11.1. The van der Waals surface area contributed by atoms with Crippen LogP contribution in [-0.4, -0.2) is 25.1 Å². The Morgan fingerprint density at radius 3 is 2.67 bits per heavy atom. The van der Waals surface area contributed by atoms with Crippen molar-refractivity contribution in [3.8, 4) is 0 Å². The third-order valence-corrected chi connectivity index (χ3v) is 5.99. The highest BCUT2D eigenvalue weighted by atomic mass is 32.1. The van der Waals surface area contributed by atoms with E-state index in [9.17, 15) is 0 Å².